The highest BCUT2D eigenvalue weighted by molar-refractivity contribution is 5.69. The summed E-state index contributed by atoms with van der Waals surface area (Å²) in [6.07, 6.45) is 11.0. The maximum Gasteiger partial charge on any atom is 0.305 e. The Kier molecular flexibility index (Phi) is 25.6. The van der Waals surface area contributed by atoms with E-state index in [0.29, 0.717) is 38.5 Å². The van der Waals surface area contributed by atoms with Crippen molar-refractivity contribution in [2.24, 2.45) is 0 Å². The molecule has 34 heavy (non-hydrogen) atoms. The van der Waals surface area contributed by atoms with E-state index in [1.165, 1.54) is 14.2 Å². The van der Waals surface area contributed by atoms with E-state index >= 15 is 0 Å². The number of hydrogen-bond acceptors (Lipinski definition) is 8. The SMILES string of the molecule is CC[C@@H](O)[C@@H](O)CCCCCCCC(=O)OC.CC[C@H](O)[C@@H](O)CCCCCCCC(=O)OC. The Balaban J connectivity index is 0. The molecule has 0 unspecified atom stereocenters. The Morgan fingerprint density at radius 3 is 1.12 bits per heavy atom. The first-order chi connectivity index (χ1) is 16.2. The second-order valence-electron chi connectivity index (χ2n) is 8.85. The van der Waals surface area contributed by atoms with Gasteiger partial charge in [0.15, 0.2) is 0 Å². The molecule has 0 bridgehead atoms. The minimum atomic E-state index is -0.589. The number of carbonyl (C=O) groups is 2. The molecule has 0 spiro atoms. The van der Waals surface area contributed by atoms with Crippen LogP contribution in [0.2, 0.25) is 0 Å². The predicted octanol–water partition coefficient (Wildman–Crippen LogP) is 4.04. The van der Waals surface area contributed by atoms with Crippen LogP contribution < -0.4 is 0 Å². The molecule has 0 amide bonds. The monoisotopic (exact) mass is 492 g/mol. The molecule has 0 heterocycles. The molecule has 8 nitrogen and oxygen atoms in total. The van der Waals surface area contributed by atoms with Gasteiger partial charge in [0.1, 0.15) is 0 Å². The van der Waals surface area contributed by atoms with Crippen molar-refractivity contribution in [3.63, 3.8) is 0 Å². The maximum absolute atomic E-state index is 10.8. The van der Waals surface area contributed by atoms with Crippen molar-refractivity contribution in [3.05, 3.63) is 0 Å². The number of rotatable bonds is 20. The first kappa shape index (κ1) is 34.9. The van der Waals surface area contributed by atoms with Crippen LogP contribution in [-0.2, 0) is 19.1 Å². The zero-order chi connectivity index (χ0) is 26.2. The number of aliphatic hydroxyl groups is 4. The first-order valence-corrected chi connectivity index (χ1v) is 13.1. The van der Waals surface area contributed by atoms with Gasteiger partial charge in [-0.15, -0.1) is 0 Å². The number of ether oxygens (including phenoxy) is 2. The van der Waals surface area contributed by atoms with Gasteiger partial charge in [0.2, 0.25) is 0 Å². The number of carbonyl (C=O) groups excluding carboxylic acids is 2. The van der Waals surface area contributed by atoms with Gasteiger partial charge in [0, 0.05) is 12.8 Å². The number of unbranched alkanes of at least 4 members (excludes halogenated alkanes) is 8. The van der Waals surface area contributed by atoms with Crippen LogP contribution in [0.4, 0.5) is 0 Å². The fourth-order valence-electron chi connectivity index (χ4n) is 3.44. The van der Waals surface area contributed by atoms with E-state index in [4.69, 9.17) is 0 Å². The Bertz CT molecular complexity index is 430. The smallest absolute Gasteiger partial charge is 0.305 e. The lowest BCUT2D eigenvalue weighted by Gasteiger charge is -2.15. The fourth-order valence-corrected chi connectivity index (χ4v) is 3.44. The molecule has 0 rings (SSSR count). The normalized spacial score (nSPS) is 14.4. The van der Waals surface area contributed by atoms with Crippen LogP contribution in [0.5, 0.6) is 0 Å². The Morgan fingerprint density at radius 1 is 0.529 bits per heavy atom. The molecule has 0 aromatic carbocycles. The van der Waals surface area contributed by atoms with Crippen molar-refractivity contribution < 1.29 is 39.5 Å². The topological polar surface area (TPSA) is 134 Å². The fraction of sp³-hybridized carbons (Fsp3) is 0.923. The molecule has 0 aliphatic heterocycles. The largest absolute Gasteiger partial charge is 0.469 e. The lowest BCUT2D eigenvalue weighted by atomic mass is 10.0. The predicted molar refractivity (Wildman–Crippen MR) is 133 cm³/mol. The van der Waals surface area contributed by atoms with Gasteiger partial charge in [-0.05, 0) is 38.5 Å². The third-order valence-corrected chi connectivity index (χ3v) is 5.94. The van der Waals surface area contributed by atoms with Crippen LogP contribution in [0, 0.1) is 0 Å². The zero-order valence-corrected chi connectivity index (χ0v) is 22.0. The molecule has 4 atom stereocenters. The standard InChI is InChI=1S/2C13H26O4/c2*1-3-11(14)12(15)9-7-5-4-6-8-10-13(16)17-2/h2*11-12,14-15H,3-10H2,1-2H3/t11-,12+;11-,12-/m10/s1. The van der Waals surface area contributed by atoms with Gasteiger partial charge in [-0.3, -0.25) is 9.59 Å². The molecule has 4 N–H and O–H groups in total. The highest BCUT2D eigenvalue weighted by atomic mass is 16.5. The van der Waals surface area contributed by atoms with Crippen LogP contribution in [0.15, 0.2) is 0 Å². The lowest BCUT2D eigenvalue weighted by Crippen LogP contribution is -2.24. The summed E-state index contributed by atoms with van der Waals surface area (Å²) in [6, 6.07) is 0. The van der Waals surface area contributed by atoms with E-state index in [2.05, 4.69) is 9.47 Å². The second kappa shape index (κ2) is 24.9. The maximum atomic E-state index is 10.8. The van der Waals surface area contributed by atoms with Crippen LogP contribution in [0.25, 0.3) is 0 Å². The van der Waals surface area contributed by atoms with E-state index in [1.54, 1.807) is 0 Å². The molecular weight excluding hydrogens is 440 g/mol. The van der Waals surface area contributed by atoms with Crippen molar-refractivity contribution in [1.82, 2.24) is 0 Å². The number of methoxy groups -OCH3 is 2. The minimum absolute atomic E-state index is 0.147. The third-order valence-electron chi connectivity index (χ3n) is 5.94. The van der Waals surface area contributed by atoms with E-state index in [-0.39, 0.29) is 11.9 Å². The highest BCUT2D eigenvalue weighted by Crippen LogP contribution is 2.13. The van der Waals surface area contributed by atoms with Crippen LogP contribution in [-0.4, -0.2) is 71.0 Å². The molecule has 0 saturated heterocycles. The summed E-state index contributed by atoms with van der Waals surface area (Å²) in [7, 11) is 2.81. The van der Waals surface area contributed by atoms with Crippen molar-refractivity contribution in [2.45, 2.75) is 141 Å². The molecular formula is C26H52O8. The second-order valence-corrected chi connectivity index (χ2v) is 8.85. The third kappa shape index (κ3) is 22.6. The summed E-state index contributed by atoms with van der Waals surface area (Å²) in [4.78, 5) is 21.6. The molecule has 0 fully saturated rings. The number of hydrogen-bond donors (Lipinski definition) is 4. The minimum Gasteiger partial charge on any atom is -0.469 e. The summed E-state index contributed by atoms with van der Waals surface area (Å²) >= 11 is 0. The Labute approximate surface area is 207 Å². The molecule has 8 heteroatoms. The molecule has 0 aliphatic rings. The van der Waals surface area contributed by atoms with Crippen LogP contribution in [0.1, 0.15) is 117 Å². The molecule has 204 valence electrons. The lowest BCUT2D eigenvalue weighted by molar-refractivity contribution is -0.141. The van der Waals surface area contributed by atoms with Gasteiger partial charge in [0.05, 0.1) is 38.6 Å². The van der Waals surface area contributed by atoms with Gasteiger partial charge in [-0.2, -0.15) is 0 Å². The van der Waals surface area contributed by atoms with E-state index in [1.807, 2.05) is 13.8 Å². The van der Waals surface area contributed by atoms with Crippen molar-refractivity contribution in [1.29, 1.82) is 0 Å². The number of aliphatic hydroxyl groups excluding tert-OH is 4. The Morgan fingerprint density at radius 2 is 0.824 bits per heavy atom. The molecule has 0 aliphatic carbocycles. The van der Waals surface area contributed by atoms with E-state index in [0.717, 1.165) is 64.2 Å². The van der Waals surface area contributed by atoms with Gasteiger partial charge in [0.25, 0.3) is 0 Å². The van der Waals surface area contributed by atoms with Crippen LogP contribution in [0.3, 0.4) is 0 Å². The molecule has 0 aromatic heterocycles. The average Bonchev–Trinajstić information content (AvgIpc) is 2.85. The van der Waals surface area contributed by atoms with Gasteiger partial charge < -0.3 is 29.9 Å². The molecule has 0 saturated carbocycles. The van der Waals surface area contributed by atoms with Gasteiger partial charge in [-0.25, -0.2) is 0 Å². The van der Waals surface area contributed by atoms with Gasteiger partial charge >= 0.3 is 11.9 Å². The number of esters is 2. The van der Waals surface area contributed by atoms with E-state index in [9.17, 15) is 30.0 Å². The quantitative estimate of drug-likeness (QED) is 0.148. The zero-order valence-electron chi connectivity index (χ0n) is 22.0. The van der Waals surface area contributed by atoms with Crippen molar-refractivity contribution >= 4 is 11.9 Å². The molecule has 0 radical (unpaired) electrons. The van der Waals surface area contributed by atoms with Crippen LogP contribution >= 0.6 is 0 Å². The van der Waals surface area contributed by atoms with E-state index < -0.39 is 24.4 Å². The van der Waals surface area contributed by atoms with Crippen molar-refractivity contribution in [3.8, 4) is 0 Å². The van der Waals surface area contributed by atoms with Crippen molar-refractivity contribution in [2.75, 3.05) is 14.2 Å². The molecule has 0 aromatic rings. The Hall–Kier alpha value is -1.22. The average molecular weight is 493 g/mol. The summed E-state index contributed by atoms with van der Waals surface area (Å²) in [5.74, 6) is -0.294. The summed E-state index contributed by atoms with van der Waals surface area (Å²) in [5, 5.41) is 37.7. The first-order valence-electron chi connectivity index (χ1n) is 13.1. The van der Waals surface area contributed by atoms with Gasteiger partial charge in [-0.1, -0.05) is 65.2 Å². The summed E-state index contributed by atoms with van der Waals surface area (Å²) in [5.41, 5.74) is 0. The summed E-state index contributed by atoms with van der Waals surface area (Å²) in [6.45, 7) is 3.72. The summed E-state index contributed by atoms with van der Waals surface area (Å²) < 4.78 is 9.10. The highest BCUT2D eigenvalue weighted by Gasteiger charge is 2.13.